The van der Waals surface area contributed by atoms with Crippen molar-refractivity contribution < 1.29 is 23.5 Å². The molecular formula is C25H34N2O4. The molecule has 0 spiro atoms. The van der Waals surface area contributed by atoms with Gasteiger partial charge in [-0.05, 0) is 42.7 Å². The molecule has 0 aromatic heterocycles. The minimum Gasteiger partial charge on any atom is -0.493 e. The molecule has 0 amide bonds. The summed E-state index contributed by atoms with van der Waals surface area (Å²) >= 11 is 0. The number of rotatable bonds is 10. The van der Waals surface area contributed by atoms with Crippen molar-refractivity contribution in [2.24, 2.45) is 0 Å². The Kier molecular flexibility index (Phi) is 7.02. The van der Waals surface area contributed by atoms with Gasteiger partial charge in [0.15, 0.2) is 17.3 Å². The molecular weight excluding hydrogens is 392 g/mol. The Bertz CT molecular complexity index is 972. The third-order valence-corrected chi connectivity index (χ3v) is 5.60. The second-order valence-electron chi connectivity index (χ2n) is 7.94. The van der Waals surface area contributed by atoms with Crippen LogP contribution in [-0.4, -0.2) is 79.7 Å². The predicted octanol–water partition coefficient (Wildman–Crippen LogP) is 2.48. The summed E-state index contributed by atoms with van der Waals surface area (Å²) in [6.07, 6.45) is -2.10. The standard InChI is InChI=1S/C25H34N2O4/c1-19-7-6-8-20(2)23(19)15-21(28)16-26-11-13-27(14-12-26)17-22(29)18-31-25-10-5-4-9-24(25)30-3/h4-10,22,29H,11-18H2,1-3H3/i18D2,22D. The summed E-state index contributed by atoms with van der Waals surface area (Å²) in [6.45, 7) is 3.74. The molecule has 6 heteroatoms. The molecule has 1 aliphatic heterocycles. The van der Waals surface area contributed by atoms with Gasteiger partial charge in [0.2, 0.25) is 0 Å². The third kappa shape index (κ3) is 6.79. The fourth-order valence-electron chi connectivity index (χ4n) is 3.80. The van der Waals surface area contributed by atoms with Crippen molar-refractivity contribution >= 4 is 5.78 Å². The zero-order valence-corrected chi connectivity index (χ0v) is 18.6. The first-order chi connectivity index (χ1) is 16.0. The van der Waals surface area contributed by atoms with Gasteiger partial charge in [0.1, 0.15) is 12.6 Å². The first-order valence-corrected chi connectivity index (χ1v) is 10.6. The quantitative estimate of drug-likeness (QED) is 0.626. The van der Waals surface area contributed by atoms with Crippen molar-refractivity contribution in [3.63, 3.8) is 0 Å². The molecule has 168 valence electrons. The Morgan fingerprint density at radius 1 is 1.06 bits per heavy atom. The molecule has 1 saturated heterocycles. The first kappa shape index (κ1) is 19.3. The van der Waals surface area contributed by atoms with Crippen LogP contribution in [0.3, 0.4) is 0 Å². The van der Waals surface area contributed by atoms with Gasteiger partial charge in [0.25, 0.3) is 0 Å². The molecule has 2 aromatic carbocycles. The summed E-state index contributed by atoms with van der Waals surface area (Å²) in [5, 5.41) is 10.7. The molecule has 31 heavy (non-hydrogen) atoms. The Morgan fingerprint density at radius 2 is 1.68 bits per heavy atom. The minimum absolute atomic E-state index is 0.118. The van der Waals surface area contributed by atoms with E-state index in [9.17, 15) is 9.90 Å². The highest BCUT2D eigenvalue weighted by Gasteiger charge is 2.21. The number of β-amino-alcohol motifs (C(OH)–C–C–N with tert-alkyl or cyclic N) is 1. The zero-order chi connectivity index (χ0) is 24.9. The van der Waals surface area contributed by atoms with E-state index in [0.29, 0.717) is 44.9 Å². The predicted molar refractivity (Wildman–Crippen MR) is 122 cm³/mol. The van der Waals surface area contributed by atoms with Gasteiger partial charge >= 0.3 is 0 Å². The van der Waals surface area contributed by atoms with E-state index in [1.165, 1.54) is 13.2 Å². The first-order valence-electron chi connectivity index (χ1n) is 12.1. The summed E-state index contributed by atoms with van der Waals surface area (Å²) in [5.41, 5.74) is 3.33. The van der Waals surface area contributed by atoms with E-state index in [4.69, 9.17) is 13.6 Å². The molecule has 1 atom stereocenters. The molecule has 1 N–H and O–H groups in total. The Labute approximate surface area is 189 Å². The van der Waals surface area contributed by atoms with Crippen LogP contribution in [0.2, 0.25) is 0 Å². The van der Waals surface area contributed by atoms with Crippen molar-refractivity contribution in [1.29, 1.82) is 0 Å². The number of carbonyl (C=O) groups is 1. The van der Waals surface area contributed by atoms with Crippen LogP contribution >= 0.6 is 0 Å². The Balaban J connectivity index is 1.52. The van der Waals surface area contributed by atoms with Crippen LogP contribution in [0, 0.1) is 13.8 Å². The topological polar surface area (TPSA) is 62.2 Å². The minimum atomic E-state index is -2.67. The number of piperazine rings is 1. The second-order valence-corrected chi connectivity index (χ2v) is 7.94. The van der Waals surface area contributed by atoms with Gasteiger partial charge in [-0.1, -0.05) is 30.3 Å². The largest absolute Gasteiger partial charge is 0.493 e. The lowest BCUT2D eigenvalue weighted by molar-refractivity contribution is -0.120. The lowest BCUT2D eigenvalue weighted by atomic mass is 9.98. The van der Waals surface area contributed by atoms with E-state index in [1.807, 2.05) is 36.9 Å². The van der Waals surface area contributed by atoms with Crippen molar-refractivity contribution in [2.45, 2.75) is 26.3 Å². The summed E-state index contributed by atoms with van der Waals surface area (Å²) < 4.78 is 35.2. The van der Waals surface area contributed by atoms with Crippen molar-refractivity contribution in [2.75, 3.05) is 52.9 Å². The van der Waals surface area contributed by atoms with Crippen LogP contribution in [-0.2, 0) is 11.2 Å². The van der Waals surface area contributed by atoms with Crippen molar-refractivity contribution in [3.8, 4) is 11.5 Å². The SMILES string of the molecule is [2H]C(O)(CN1CCN(CC(=O)Cc2c(C)cccc2C)CC1)C([2H])([2H])Oc1ccccc1OC. The van der Waals surface area contributed by atoms with Gasteiger partial charge in [-0.25, -0.2) is 0 Å². The number of methoxy groups -OCH3 is 1. The van der Waals surface area contributed by atoms with Crippen LogP contribution in [0.15, 0.2) is 42.5 Å². The number of aryl methyl sites for hydroxylation is 2. The van der Waals surface area contributed by atoms with Gasteiger partial charge in [0, 0.05) is 39.1 Å². The van der Waals surface area contributed by atoms with Crippen LogP contribution in [0.4, 0.5) is 0 Å². The molecule has 1 unspecified atom stereocenters. The average molecular weight is 430 g/mol. The van der Waals surface area contributed by atoms with E-state index < -0.39 is 12.6 Å². The van der Waals surface area contributed by atoms with E-state index in [-0.39, 0.29) is 18.1 Å². The summed E-state index contributed by atoms with van der Waals surface area (Å²) in [7, 11) is 1.44. The van der Waals surface area contributed by atoms with Gasteiger partial charge in [-0.3, -0.25) is 14.6 Å². The number of benzene rings is 2. The van der Waals surface area contributed by atoms with Gasteiger partial charge in [-0.2, -0.15) is 0 Å². The van der Waals surface area contributed by atoms with Crippen LogP contribution in [0.1, 0.15) is 20.8 Å². The summed E-state index contributed by atoms with van der Waals surface area (Å²) in [6, 6.07) is 12.6. The number of Topliss-reactive ketones (excluding diaryl/α,β-unsaturated/α-hetero) is 1. The monoisotopic (exact) mass is 429 g/mol. The molecule has 1 heterocycles. The normalized spacial score (nSPS) is 19.0. The molecule has 1 fully saturated rings. The van der Waals surface area contributed by atoms with Crippen LogP contribution < -0.4 is 9.47 Å². The average Bonchev–Trinajstić information content (AvgIpc) is 2.77. The van der Waals surface area contributed by atoms with Gasteiger partial charge < -0.3 is 14.6 Å². The lowest BCUT2D eigenvalue weighted by Gasteiger charge is -2.35. The number of para-hydroxylation sites is 2. The molecule has 1 aliphatic rings. The number of aliphatic hydroxyl groups is 1. The molecule has 0 bridgehead atoms. The molecule has 2 aromatic rings. The molecule has 0 saturated carbocycles. The fourth-order valence-corrected chi connectivity index (χ4v) is 3.80. The number of hydrogen-bond acceptors (Lipinski definition) is 6. The second kappa shape index (κ2) is 11.3. The number of hydrogen-bond donors (Lipinski definition) is 1. The maximum absolute atomic E-state index is 12.7. The smallest absolute Gasteiger partial charge is 0.161 e. The maximum atomic E-state index is 12.7. The Morgan fingerprint density at radius 3 is 2.32 bits per heavy atom. The lowest BCUT2D eigenvalue weighted by Crippen LogP contribution is -2.50. The highest BCUT2D eigenvalue weighted by atomic mass is 16.5. The number of nitrogens with zero attached hydrogens (tertiary/aromatic N) is 2. The van der Waals surface area contributed by atoms with Gasteiger partial charge in [0.05, 0.1) is 17.8 Å². The molecule has 0 radical (unpaired) electrons. The van der Waals surface area contributed by atoms with Crippen molar-refractivity contribution in [3.05, 3.63) is 59.2 Å². The summed E-state index contributed by atoms with van der Waals surface area (Å²) in [4.78, 5) is 16.5. The fraction of sp³-hybridized carbons (Fsp3) is 0.480. The van der Waals surface area contributed by atoms with Crippen molar-refractivity contribution in [1.82, 2.24) is 9.80 Å². The molecule has 6 nitrogen and oxygen atoms in total. The van der Waals surface area contributed by atoms with Crippen LogP contribution in [0.5, 0.6) is 11.5 Å². The van der Waals surface area contributed by atoms with E-state index in [1.54, 1.807) is 18.2 Å². The molecule has 0 aliphatic carbocycles. The maximum Gasteiger partial charge on any atom is 0.161 e. The van der Waals surface area contributed by atoms with Crippen LogP contribution in [0.25, 0.3) is 0 Å². The number of carbonyl (C=O) groups excluding carboxylic acids is 1. The highest BCUT2D eigenvalue weighted by Crippen LogP contribution is 2.25. The zero-order valence-electron chi connectivity index (χ0n) is 21.6. The third-order valence-electron chi connectivity index (χ3n) is 5.60. The summed E-state index contributed by atoms with van der Waals surface area (Å²) in [5.74, 6) is 0.596. The van der Waals surface area contributed by atoms with E-state index >= 15 is 0 Å². The number of ketones is 1. The highest BCUT2D eigenvalue weighted by molar-refractivity contribution is 5.83. The van der Waals surface area contributed by atoms with Gasteiger partial charge in [-0.15, -0.1) is 0 Å². The number of ether oxygens (including phenoxy) is 2. The Hall–Kier alpha value is -2.41. The molecule has 3 rings (SSSR count). The van der Waals surface area contributed by atoms with E-state index in [2.05, 4.69) is 4.90 Å². The van der Waals surface area contributed by atoms with E-state index in [0.717, 1.165) is 16.7 Å².